The summed E-state index contributed by atoms with van der Waals surface area (Å²) in [4.78, 5) is 0. The lowest BCUT2D eigenvalue weighted by Crippen LogP contribution is -1.96. The molecule has 0 heterocycles. The SMILES string of the molecule is CC(Cl)=C(C)OC(F)F. The van der Waals surface area contributed by atoms with Crippen LogP contribution in [0.2, 0.25) is 0 Å². The van der Waals surface area contributed by atoms with Crippen molar-refractivity contribution in [1.82, 2.24) is 0 Å². The first-order chi connectivity index (χ1) is 4.04. The van der Waals surface area contributed by atoms with Crippen LogP contribution in [0, 0.1) is 0 Å². The summed E-state index contributed by atoms with van der Waals surface area (Å²) in [7, 11) is 0. The van der Waals surface area contributed by atoms with Gasteiger partial charge in [-0.05, 0) is 13.8 Å². The Morgan fingerprint density at radius 1 is 1.44 bits per heavy atom. The molecule has 0 atom stereocenters. The molecule has 0 unspecified atom stereocenters. The third-order valence-corrected chi connectivity index (χ3v) is 1.02. The second-order valence-corrected chi connectivity index (χ2v) is 2.04. The first-order valence-corrected chi connectivity index (χ1v) is 2.69. The van der Waals surface area contributed by atoms with E-state index in [2.05, 4.69) is 4.74 Å². The summed E-state index contributed by atoms with van der Waals surface area (Å²) in [6, 6.07) is 0. The highest BCUT2D eigenvalue weighted by atomic mass is 35.5. The van der Waals surface area contributed by atoms with Crippen molar-refractivity contribution in [2.24, 2.45) is 0 Å². The van der Waals surface area contributed by atoms with Gasteiger partial charge < -0.3 is 4.74 Å². The predicted octanol–water partition coefficient (Wildman–Crippen LogP) is 2.72. The monoisotopic (exact) mass is 156 g/mol. The third-order valence-electron chi connectivity index (χ3n) is 0.751. The van der Waals surface area contributed by atoms with Gasteiger partial charge in [0.1, 0.15) is 5.76 Å². The van der Waals surface area contributed by atoms with Crippen molar-refractivity contribution in [1.29, 1.82) is 0 Å². The van der Waals surface area contributed by atoms with Crippen LogP contribution in [0.4, 0.5) is 8.78 Å². The van der Waals surface area contributed by atoms with Gasteiger partial charge in [-0.2, -0.15) is 8.78 Å². The lowest BCUT2D eigenvalue weighted by Gasteiger charge is -2.03. The van der Waals surface area contributed by atoms with E-state index in [1.54, 1.807) is 0 Å². The summed E-state index contributed by atoms with van der Waals surface area (Å²) >= 11 is 5.29. The molecule has 4 heteroatoms. The predicted molar refractivity (Wildman–Crippen MR) is 31.3 cm³/mol. The van der Waals surface area contributed by atoms with Gasteiger partial charge in [0.15, 0.2) is 0 Å². The Hall–Kier alpha value is -0.310. The van der Waals surface area contributed by atoms with Crippen LogP contribution in [0.25, 0.3) is 0 Å². The minimum absolute atomic E-state index is 0.0617. The van der Waals surface area contributed by atoms with E-state index in [4.69, 9.17) is 11.6 Å². The third kappa shape index (κ3) is 4.21. The first kappa shape index (κ1) is 8.69. The Labute approximate surface area is 57.3 Å². The number of hydrogen-bond donors (Lipinski definition) is 0. The van der Waals surface area contributed by atoms with Gasteiger partial charge in [-0.15, -0.1) is 0 Å². The molecular weight excluding hydrogens is 150 g/mol. The van der Waals surface area contributed by atoms with E-state index < -0.39 is 6.61 Å². The molecule has 0 aromatic carbocycles. The van der Waals surface area contributed by atoms with Crippen molar-refractivity contribution in [3.8, 4) is 0 Å². The molecule has 0 aromatic rings. The summed E-state index contributed by atoms with van der Waals surface area (Å²) in [5, 5.41) is 0.246. The topological polar surface area (TPSA) is 9.23 Å². The molecular formula is C5H7ClF2O. The minimum atomic E-state index is -2.78. The zero-order chi connectivity index (χ0) is 7.44. The second kappa shape index (κ2) is 3.67. The molecule has 0 spiro atoms. The molecule has 9 heavy (non-hydrogen) atoms. The van der Waals surface area contributed by atoms with Crippen molar-refractivity contribution in [3.05, 3.63) is 10.8 Å². The van der Waals surface area contributed by atoms with Crippen LogP contribution < -0.4 is 0 Å². The van der Waals surface area contributed by atoms with Gasteiger partial charge in [-0.3, -0.25) is 0 Å². The summed E-state index contributed by atoms with van der Waals surface area (Å²) < 4.78 is 26.6. The molecule has 0 aliphatic carbocycles. The summed E-state index contributed by atoms with van der Waals surface area (Å²) in [6.45, 7) is 0.0898. The Bertz CT molecular complexity index is 118. The minimum Gasteiger partial charge on any atom is -0.438 e. The van der Waals surface area contributed by atoms with Gasteiger partial charge in [0.2, 0.25) is 0 Å². The van der Waals surface area contributed by atoms with Crippen LogP contribution in [0.5, 0.6) is 0 Å². The van der Waals surface area contributed by atoms with Crippen molar-refractivity contribution < 1.29 is 13.5 Å². The van der Waals surface area contributed by atoms with Crippen LogP contribution >= 0.6 is 11.6 Å². The van der Waals surface area contributed by atoms with Crippen LogP contribution in [-0.4, -0.2) is 6.61 Å². The molecule has 0 saturated carbocycles. The fourth-order valence-electron chi connectivity index (χ4n) is 0.215. The largest absolute Gasteiger partial charge is 0.438 e. The summed E-state index contributed by atoms with van der Waals surface area (Å²) in [6.07, 6.45) is 0. The van der Waals surface area contributed by atoms with E-state index in [1.165, 1.54) is 13.8 Å². The van der Waals surface area contributed by atoms with Gasteiger partial charge in [-0.25, -0.2) is 0 Å². The van der Waals surface area contributed by atoms with Crippen LogP contribution in [0.3, 0.4) is 0 Å². The maximum Gasteiger partial charge on any atom is 0.387 e. The highest BCUT2D eigenvalue weighted by Gasteiger charge is 2.03. The fourth-order valence-corrected chi connectivity index (χ4v) is 0.259. The van der Waals surface area contributed by atoms with Gasteiger partial charge in [0.05, 0.1) is 5.03 Å². The van der Waals surface area contributed by atoms with E-state index in [9.17, 15) is 8.78 Å². The number of alkyl halides is 2. The van der Waals surface area contributed by atoms with Crippen molar-refractivity contribution in [2.45, 2.75) is 20.5 Å². The van der Waals surface area contributed by atoms with Gasteiger partial charge in [0, 0.05) is 0 Å². The Morgan fingerprint density at radius 3 is 2.00 bits per heavy atom. The number of allylic oxidation sites excluding steroid dienone is 2. The fraction of sp³-hybridized carbons (Fsp3) is 0.600. The first-order valence-electron chi connectivity index (χ1n) is 2.32. The van der Waals surface area contributed by atoms with Crippen LogP contribution in [-0.2, 0) is 4.74 Å². The Balaban J connectivity index is 3.77. The molecule has 0 aliphatic heterocycles. The van der Waals surface area contributed by atoms with E-state index in [0.717, 1.165) is 0 Å². The van der Waals surface area contributed by atoms with Crippen LogP contribution in [0.15, 0.2) is 10.8 Å². The molecule has 0 aliphatic rings. The average Bonchev–Trinajstić information content (AvgIpc) is 1.63. The smallest absolute Gasteiger partial charge is 0.387 e. The molecule has 0 fully saturated rings. The van der Waals surface area contributed by atoms with Gasteiger partial charge in [0.25, 0.3) is 0 Å². The second-order valence-electron chi connectivity index (χ2n) is 1.47. The number of rotatable bonds is 2. The van der Waals surface area contributed by atoms with E-state index in [-0.39, 0.29) is 10.8 Å². The molecule has 0 saturated heterocycles. The Morgan fingerprint density at radius 2 is 1.89 bits per heavy atom. The maximum atomic E-state index is 11.3. The van der Waals surface area contributed by atoms with Crippen LogP contribution in [0.1, 0.15) is 13.8 Å². The van der Waals surface area contributed by atoms with Crippen molar-refractivity contribution >= 4 is 11.6 Å². The average molecular weight is 157 g/mol. The van der Waals surface area contributed by atoms with Crippen molar-refractivity contribution in [3.63, 3.8) is 0 Å². The number of halogens is 3. The van der Waals surface area contributed by atoms with E-state index in [0.29, 0.717) is 0 Å². The summed E-state index contributed by atoms with van der Waals surface area (Å²) in [5.41, 5.74) is 0. The quantitative estimate of drug-likeness (QED) is 0.559. The maximum absolute atomic E-state index is 11.3. The molecule has 1 nitrogen and oxygen atoms in total. The molecule has 0 bridgehead atoms. The van der Waals surface area contributed by atoms with Gasteiger partial charge >= 0.3 is 6.61 Å². The molecule has 0 amide bonds. The molecule has 0 rings (SSSR count). The van der Waals surface area contributed by atoms with E-state index >= 15 is 0 Å². The number of hydrogen-bond acceptors (Lipinski definition) is 1. The number of ether oxygens (including phenoxy) is 1. The lowest BCUT2D eigenvalue weighted by molar-refractivity contribution is -0.0958. The molecule has 54 valence electrons. The van der Waals surface area contributed by atoms with E-state index in [1.807, 2.05) is 0 Å². The molecule has 0 aromatic heterocycles. The normalized spacial score (nSPS) is 13.6. The standard InChI is InChI=1S/C5H7ClF2O/c1-3(6)4(2)9-5(7)8/h5H,1-2H3. The lowest BCUT2D eigenvalue weighted by atomic mass is 10.5. The zero-order valence-corrected chi connectivity index (χ0v) is 5.88. The molecule has 0 N–H and O–H groups in total. The van der Waals surface area contributed by atoms with Gasteiger partial charge in [-0.1, -0.05) is 11.6 Å². The highest BCUT2D eigenvalue weighted by Crippen LogP contribution is 2.12. The zero-order valence-electron chi connectivity index (χ0n) is 5.12. The van der Waals surface area contributed by atoms with Crippen molar-refractivity contribution in [2.75, 3.05) is 0 Å². The highest BCUT2D eigenvalue weighted by molar-refractivity contribution is 6.29. The Kier molecular flexibility index (Phi) is 3.54. The summed E-state index contributed by atoms with van der Waals surface area (Å²) in [5.74, 6) is 0.0617. The molecule has 0 radical (unpaired) electrons.